The molecule has 0 aliphatic heterocycles. The van der Waals surface area contributed by atoms with Gasteiger partial charge >= 0.3 is 0 Å². The topological polar surface area (TPSA) is 55.1 Å². The number of nitrogens with one attached hydrogen (secondary N) is 1. The molecule has 0 aliphatic carbocycles. The molecule has 0 saturated carbocycles. The Labute approximate surface area is 119 Å². The van der Waals surface area contributed by atoms with Gasteiger partial charge in [-0.2, -0.15) is 0 Å². The molecule has 2 rings (SSSR count). The van der Waals surface area contributed by atoms with Crippen LogP contribution in [0, 0.1) is 0 Å². The van der Waals surface area contributed by atoms with Crippen LogP contribution in [-0.2, 0) is 4.79 Å². The van der Waals surface area contributed by atoms with Crippen LogP contribution in [0.1, 0.15) is 30.5 Å². The molecule has 0 saturated heterocycles. The first-order valence-electron chi connectivity index (χ1n) is 6.88. The summed E-state index contributed by atoms with van der Waals surface area (Å²) in [6.45, 7) is 1.91. The predicted octanol–water partition coefficient (Wildman–Crippen LogP) is 2.63. The Hall–Kier alpha value is -2.13. The summed E-state index contributed by atoms with van der Waals surface area (Å²) in [4.78, 5) is 12.1. The van der Waals surface area contributed by atoms with Gasteiger partial charge in [-0.3, -0.25) is 4.79 Å². The van der Waals surface area contributed by atoms with Gasteiger partial charge in [0.15, 0.2) is 0 Å². The molecule has 2 aromatic rings. The normalized spacial score (nSPS) is 12.2. The van der Waals surface area contributed by atoms with E-state index in [9.17, 15) is 4.79 Å². The molecule has 104 valence electrons. The second kappa shape index (κ2) is 6.87. The van der Waals surface area contributed by atoms with Crippen molar-refractivity contribution >= 4 is 5.91 Å². The van der Waals surface area contributed by atoms with Crippen molar-refractivity contribution in [2.24, 2.45) is 5.73 Å². The van der Waals surface area contributed by atoms with Gasteiger partial charge in [-0.25, -0.2) is 0 Å². The SMILES string of the molecule is CC[C@H](N)C(=O)NC(c1ccccc1)c1ccccc1. The van der Waals surface area contributed by atoms with Gasteiger partial charge in [-0.1, -0.05) is 67.6 Å². The maximum Gasteiger partial charge on any atom is 0.237 e. The van der Waals surface area contributed by atoms with Crippen LogP contribution in [0.25, 0.3) is 0 Å². The molecule has 2 aromatic carbocycles. The largest absolute Gasteiger partial charge is 0.344 e. The van der Waals surface area contributed by atoms with E-state index < -0.39 is 6.04 Å². The number of amides is 1. The van der Waals surface area contributed by atoms with Gasteiger partial charge in [0.05, 0.1) is 12.1 Å². The van der Waals surface area contributed by atoms with Crippen molar-refractivity contribution in [3.05, 3.63) is 71.8 Å². The molecule has 3 heteroatoms. The highest BCUT2D eigenvalue weighted by atomic mass is 16.2. The van der Waals surface area contributed by atoms with Crippen LogP contribution in [0.4, 0.5) is 0 Å². The molecule has 0 heterocycles. The van der Waals surface area contributed by atoms with Crippen LogP contribution in [0.3, 0.4) is 0 Å². The number of rotatable bonds is 5. The maximum absolute atomic E-state index is 12.1. The first-order chi connectivity index (χ1) is 9.72. The van der Waals surface area contributed by atoms with Gasteiger partial charge in [0.2, 0.25) is 5.91 Å². The van der Waals surface area contributed by atoms with E-state index in [2.05, 4.69) is 5.32 Å². The summed E-state index contributed by atoms with van der Waals surface area (Å²) in [5.41, 5.74) is 7.91. The van der Waals surface area contributed by atoms with Crippen molar-refractivity contribution in [2.75, 3.05) is 0 Å². The summed E-state index contributed by atoms with van der Waals surface area (Å²) in [5.74, 6) is -0.120. The molecule has 0 fully saturated rings. The molecular formula is C17H20N2O. The van der Waals surface area contributed by atoms with Gasteiger partial charge in [-0.05, 0) is 17.5 Å². The minimum Gasteiger partial charge on any atom is -0.344 e. The van der Waals surface area contributed by atoms with Crippen LogP contribution >= 0.6 is 0 Å². The third-order valence-corrected chi connectivity index (χ3v) is 3.33. The van der Waals surface area contributed by atoms with Gasteiger partial charge in [0.25, 0.3) is 0 Å². The van der Waals surface area contributed by atoms with Crippen molar-refractivity contribution in [1.29, 1.82) is 0 Å². The fourth-order valence-corrected chi connectivity index (χ4v) is 2.08. The lowest BCUT2D eigenvalue weighted by Crippen LogP contribution is -2.42. The minimum absolute atomic E-state index is 0.120. The quantitative estimate of drug-likeness (QED) is 0.876. The number of hydrogen-bond donors (Lipinski definition) is 2. The summed E-state index contributed by atoms with van der Waals surface area (Å²) in [7, 11) is 0. The van der Waals surface area contributed by atoms with Crippen molar-refractivity contribution in [1.82, 2.24) is 5.32 Å². The summed E-state index contributed by atoms with van der Waals surface area (Å²) >= 11 is 0. The van der Waals surface area contributed by atoms with E-state index in [0.717, 1.165) is 11.1 Å². The highest BCUT2D eigenvalue weighted by Gasteiger charge is 2.19. The van der Waals surface area contributed by atoms with Crippen LogP contribution < -0.4 is 11.1 Å². The Morgan fingerprint density at radius 1 is 1.00 bits per heavy atom. The number of hydrogen-bond acceptors (Lipinski definition) is 2. The van der Waals surface area contributed by atoms with Crippen LogP contribution in [-0.4, -0.2) is 11.9 Å². The molecule has 3 nitrogen and oxygen atoms in total. The molecule has 0 aliphatic rings. The third-order valence-electron chi connectivity index (χ3n) is 3.33. The summed E-state index contributed by atoms with van der Waals surface area (Å²) < 4.78 is 0. The van der Waals surface area contributed by atoms with Gasteiger partial charge < -0.3 is 11.1 Å². The van der Waals surface area contributed by atoms with E-state index in [4.69, 9.17) is 5.73 Å². The molecule has 20 heavy (non-hydrogen) atoms. The lowest BCUT2D eigenvalue weighted by molar-refractivity contribution is -0.122. The Balaban J connectivity index is 2.28. The van der Waals surface area contributed by atoms with Gasteiger partial charge in [-0.15, -0.1) is 0 Å². The smallest absolute Gasteiger partial charge is 0.237 e. The fourth-order valence-electron chi connectivity index (χ4n) is 2.08. The number of benzene rings is 2. The van der Waals surface area contributed by atoms with Crippen molar-refractivity contribution in [3.63, 3.8) is 0 Å². The highest BCUT2D eigenvalue weighted by Crippen LogP contribution is 2.21. The third kappa shape index (κ3) is 3.45. The van der Waals surface area contributed by atoms with E-state index in [-0.39, 0.29) is 11.9 Å². The average Bonchev–Trinajstić information content (AvgIpc) is 2.53. The van der Waals surface area contributed by atoms with E-state index in [1.54, 1.807) is 0 Å². The highest BCUT2D eigenvalue weighted by molar-refractivity contribution is 5.82. The van der Waals surface area contributed by atoms with Crippen LogP contribution in [0.5, 0.6) is 0 Å². The van der Waals surface area contributed by atoms with Crippen molar-refractivity contribution in [3.8, 4) is 0 Å². The van der Waals surface area contributed by atoms with Crippen LogP contribution in [0.2, 0.25) is 0 Å². The number of nitrogens with two attached hydrogens (primary N) is 1. The monoisotopic (exact) mass is 268 g/mol. The number of carbonyl (C=O) groups excluding carboxylic acids is 1. The molecule has 0 unspecified atom stereocenters. The predicted molar refractivity (Wildman–Crippen MR) is 81.1 cm³/mol. The van der Waals surface area contributed by atoms with E-state index >= 15 is 0 Å². The molecule has 1 atom stereocenters. The molecule has 0 spiro atoms. The zero-order chi connectivity index (χ0) is 14.4. The summed E-state index contributed by atoms with van der Waals surface area (Å²) in [6, 6.07) is 19.2. The average molecular weight is 268 g/mol. The van der Waals surface area contributed by atoms with Gasteiger partial charge in [0, 0.05) is 0 Å². The molecule has 3 N–H and O–H groups in total. The van der Waals surface area contributed by atoms with Crippen molar-refractivity contribution in [2.45, 2.75) is 25.4 Å². The molecule has 0 aromatic heterocycles. The van der Waals surface area contributed by atoms with E-state index in [0.29, 0.717) is 6.42 Å². The lowest BCUT2D eigenvalue weighted by Gasteiger charge is -2.21. The molecule has 0 radical (unpaired) electrons. The first kappa shape index (κ1) is 14.3. The zero-order valence-corrected chi connectivity index (χ0v) is 11.6. The molecule has 0 bridgehead atoms. The van der Waals surface area contributed by atoms with Crippen molar-refractivity contribution < 1.29 is 4.79 Å². The van der Waals surface area contributed by atoms with Crippen LogP contribution in [0.15, 0.2) is 60.7 Å². The fraction of sp³-hybridized carbons (Fsp3) is 0.235. The second-order valence-corrected chi connectivity index (χ2v) is 4.78. The maximum atomic E-state index is 12.1. The molecule has 1 amide bonds. The Bertz CT molecular complexity index is 500. The Kier molecular flexibility index (Phi) is 4.91. The van der Waals surface area contributed by atoms with E-state index in [1.165, 1.54) is 0 Å². The summed E-state index contributed by atoms with van der Waals surface area (Å²) in [6.07, 6.45) is 0.627. The second-order valence-electron chi connectivity index (χ2n) is 4.78. The standard InChI is InChI=1S/C17H20N2O/c1-2-15(18)17(20)19-16(13-9-5-3-6-10-13)14-11-7-4-8-12-14/h3-12,15-16H,2,18H2,1H3,(H,19,20)/t15-/m0/s1. The minimum atomic E-state index is -0.468. The molecular weight excluding hydrogens is 248 g/mol. The Morgan fingerprint density at radius 3 is 1.85 bits per heavy atom. The Morgan fingerprint density at radius 2 is 1.45 bits per heavy atom. The van der Waals surface area contributed by atoms with Gasteiger partial charge in [0.1, 0.15) is 0 Å². The number of carbonyl (C=O) groups is 1. The summed E-state index contributed by atoms with van der Waals surface area (Å²) in [5, 5.41) is 3.04. The lowest BCUT2D eigenvalue weighted by atomic mass is 9.98. The first-order valence-corrected chi connectivity index (χ1v) is 6.88. The van der Waals surface area contributed by atoms with E-state index in [1.807, 2.05) is 67.6 Å². The zero-order valence-electron chi connectivity index (χ0n) is 11.6.